The topological polar surface area (TPSA) is 257 Å². The summed E-state index contributed by atoms with van der Waals surface area (Å²) in [4.78, 5) is 37.1. The summed E-state index contributed by atoms with van der Waals surface area (Å²) in [6, 6.07) is 81.9. The van der Waals surface area contributed by atoms with Crippen LogP contribution in [0.4, 0.5) is 0 Å². The molecule has 7 heterocycles. The number of hydrogen-bond donors (Lipinski definition) is 0. The van der Waals surface area contributed by atoms with E-state index < -0.39 is 147 Å². The minimum atomic E-state index is -5.21. The molecular weight excluding hydrogens is 1900 g/mol. The van der Waals surface area contributed by atoms with Gasteiger partial charge in [0.2, 0.25) is 0 Å². The fourth-order valence-corrected chi connectivity index (χ4v) is 82.1. The highest BCUT2D eigenvalue weighted by Gasteiger charge is 2.81. The van der Waals surface area contributed by atoms with Gasteiger partial charge < -0.3 is 84.5 Å². The SMILES string of the molecule is C.CCCCn1c(=O)n(CC2CO2)c(=O)n(CC2CO2)c1=O.CCC[Si](C)(C)O[Si](C)(C)CCC.CCC[Si](OC)(OC)OC.C[SiH](C)O[Si]1(c2ccccc2)O[Si]2(c3ccccc3)O[Si](O[Si](C)(C)C)(c3ccccc3)O[Si](c3ccccc3)(O1)O[Si]1(c3ccccc3)O[Si](O[Si](C)(C)C)(c3ccccc3)O[Si](c3ccccc3)(O[Si](O[Si](C)(C)C)(c3ccccc3)O1)O2. The number of unbranched alkanes of at least 4 members (excludes halogenated alkanes) is 1. The van der Waals surface area contributed by atoms with Crippen LogP contribution in [0.15, 0.2) is 257 Å². The average molecular weight is 2040 g/mol. The van der Waals surface area contributed by atoms with Crippen molar-refractivity contribution in [2.45, 2.75) is 215 Å². The maximum absolute atomic E-state index is 12.4. The summed E-state index contributed by atoms with van der Waals surface area (Å²) in [5, 5.41) is 4.49. The second kappa shape index (κ2) is 45.3. The molecule has 15 rings (SSSR count). The zero-order valence-electron chi connectivity index (χ0n) is 79.2. The second-order valence-electron chi connectivity index (χ2n) is 36.9. The Hall–Kier alpha value is -5.38. The van der Waals surface area contributed by atoms with Gasteiger partial charge in [0.25, 0.3) is 0 Å². The van der Waals surface area contributed by atoms with E-state index in [9.17, 15) is 14.4 Å². The molecule has 0 aliphatic carbocycles. The first-order chi connectivity index (χ1) is 61.1. The Labute approximate surface area is 787 Å². The highest BCUT2D eigenvalue weighted by molar-refractivity contribution is 7.11. The van der Waals surface area contributed by atoms with Gasteiger partial charge in [-0.2, -0.15) is 0 Å². The number of hydrogen-bond acceptors (Lipinski definition) is 23. The van der Waals surface area contributed by atoms with Crippen molar-refractivity contribution in [3.63, 3.8) is 0 Å². The molecule has 0 saturated carbocycles. The average Bonchev–Trinajstić information content (AvgIpc) is 1.09. The summed E-state index contributed by atoms with van der Waals surface area (Å²) in [6.07, 6.45) is 4.96. The number of aromatic nitrogens is 3. The lowest BCUT2D eigenvalue weighted by Crippen LogP contribution is -2.91. The smallest absolute Gasteiger partial charge is 0.455 e. The largest absolute Gasteiger partial charge is 0.515 e. The maximum Gasteiger partial charge on any atom is 0.515 e. The van der Waals surface area contributed by atoms with Crippen LogP contribution >= 0.6 is 0 Å². The molecule has 41 heteroatoms. The van der Waals surface area contributed by atoms with Crippen molar-refractivity contribution in [3.05, 3.63) is 274 Å². The Morgan fingerprint density at radius 2 is 0.562 bits per heavy atom. The molecule has 8 aromatic carbocycles. The quantitative estimate of drug-likeness (QED) is 0.0268. The first-order valence-corrected chi connectivity index (χ1v) is 79.9. The van der Waals surface area contributed by atoms with Gasteiger partial charge in [-0.15, -0.1) is 0 Å². The Kier molecular flexibility index (Phi) is 37.2. The third kappa shape index (κ3) is 27.1. The van der Waals surface area contributed by atoms with Gasteiger partial charge in [0.05, 0.1) is 38.5 Å². The first-order valence-electron chi connectivity index (χ1n) is 44.9. The molecule has 6 aliphatic rings. The molecule has 4 atom stereocenters. The first kappa shape index (κ1) is 107. The molecule has 9 aromatic rings. The van der Waals surface area contributed by atoms with Crippen LogP contribution in [-0.2, 0) is 104 Å². The van der Waals surface area contributed by atoms with Gasteiger partial charge >= 0.3 is 96.3 Å². The van der Waals surface area contributed by atoms with Gasteiger partial charge in [-0.25, -0.2) is 28.1 Å². The fraction of sp³-hybridized carbons (Fsp3) is 0.427. The van der Waals surface area contributed by atoms with Crippen molar-refractivity contribution in [1.29, 1.82) is 0 Å². The number of epoxide rings is 2. The molecule has 130 heavy (non-hydrogen) atoms. The summed E-state index contributed by atoms with van der Waals surface area (Å²) in [5.74, 6) is 0. The standard InChI is InChI=1S/C59H74O14Si12.C13H19N3O5.C10H26OSi2.C6H16O3Si.CH4/c1-74(2)60-78(52-36-20-12-21-37-52)64-82(56-44-28-16-29-45-56)66-79(61-75(3,4)5,53-38-22-13-23-39-53)67-83(65-78,57-46-30-17-31-47-57)73-85(59-50-34-19-35-51-59)69-80(62-76(6,7)8,54-40-24-14-25-41-54)68-84(72-82,58-48-32-18-33-49-58)70-81(71-85,63-77(9,10)11)55-42-26-15-27-43-55;1-2-3-4-14-11(17)15(5-9-7-20-9)13(19)16(12(14)18)6-10-8-21-10;1-7-9-12(3,4)11-13(5,6)10-8-2;1-5-6-10(7-2,8-3)9-4;/h12-51,74H,1-11H3;9-10H,2-8H2,1H3;7-10H2,1-6H3;5-6H2,1-4H3;1H4. The van der Waals surface area contributed by atoms with Crippen LogP contribution in [0.3, 0.4) is 0 Å². The van der Waals surface area contributed by atoms with Crippen LogP contribution in [-0.4, -0.2) is 190 Å². The number of fused-ring (bicyclic) bond motifs is 4. The third-order valence-electron chi connectivity index (χ3n) is 20.9. The number of ether oxygens (including phenoxy) is 2. The van der Waals surface area contributed by atoms with E-state index in [1.54, 1.807) is 21.3 Å². The van der Waals surface area contributed by atoms with Gasteiger partial charge in [0, 0.05) is 75.4 Å². The van der Waals surface area contributed by atoms with Gasteiger partial charge in [-0.3, -0.25) is 0 Å². The van der Waals surface area contributed by atoms with Crippen molar-refractivity contribution in [2.75, 3.05) is 34.5 Å². The van der Waals surface area contributed by atoms with Crippen molar-refractivity contribution >= 4 is 171 Å². The molecule has 0 amide bonds. The fourth-order valence-electron chi connectivity index (χ4n) is 15.5. The van der Waals surface area contributed by atoms with Gasteiger partial charge in [0.1, 0.15) is 0 Å². The highest BCUT2D eigenvalue weighted by atomic mass is 28.6. The van der Waals surface area contributed by atoms with E-state index in [4.69, 9.17) is 84.5 Å². The molecular formula is C89H139N3O23Si15. The van der Waals surface area contributed by atoms with Crippen molar-refractivity contribution in [1.82, 2.24) is 13.7 Å². The van der Waals surface area contributed by atoms with Gasteiger partial charge in [-0.05, 0) is 117 Å². The van der Waals surface area contributed by atoms with Crippen LogP contribution in [0.2, 0.25) is 116 Å². The molecule has 0 radical (unpaired) electrons. The Bertz CT molecular complexity index is 4920. The van der Waals surface area contributed by atoms with E-state index in [1.165, 1.54) is 24.9 Å². The van der Waals surface area contributed by atoms with Crippen molar-refractivity contribution in [2.24, 2.45) is 0 Å². The zero-order chi connectivity index (χ0) is 93.4. The Morgan fingerprint density at radius 3 is 0.769 bits per heavy atom. The van der Waals surface area contributed by atoms with Crippen molar-refractivity contribution < 1.29 is 84.5 Å². The molecule has 0 N–H and O–H groups in total. The summed E-state index contributed by atoms with van der Waals surface area (Å²) in [7, 11) is -51.0. The van der Waals surface area contributed by atoms with E-state index >= 15 is 0 Å². The zero-order valence-corrected chi connectivity index (χ0v) is 94.4. The lowest BCUT2D eigenvalue weighted by molar-refractivity contribution is 0.0486. The summed E-state index contributed by atoms with van der Waals surface area (Å²) in [5.41, 5.74) is -1.65. The molecule has 0 spiro atoms. The molecule has 4 unspecified atom stereocenters. The van der Waals surface area contributed by atoms with E-state index in [2.05, 4.69) is 119 Å². The monoisotopic (exact) mass is 2040 g/mol. The normalized spacial score (nSPS) is 25.2. The summed E-state index contributed by atoms with van der Waals surface area (Å²) < 4.78 is 153. The highest BCUT2D eigenvalue weighted by Crippen LogP contribution is 2.45. The maximum atomic E-state index is 12.4. The predicted octanol–water partition coefficient (Wildman–Crippen LogP) is 12.4. The Morgan fingerprint density at radius 1 is 0.331 bits per heavy atom. The number of nitrogens with zero attached hydrogens (tertiary/aromatic N) is 3. The minimum absolute atomic E-state index is 0. The van der Waals surface area contributed by atoms with Crippen LogP contribution in [0.1, 0.15) is 67.2 Å². The number of rotatable bonds is 34. The van der Waals surface area contributed by atoms with E-state index in [0.717, 1.165) is 32.6 Å². The van der Waals surface area contributed by atoms with Gasteiger partial charge in [-0.1, -0.05) is 303 Å². The summed E-state index contributed by atoms with van der Waals surface area (Å²) in [6.45, 7) is 43.1. The predicted molar refractivity (Wildman–Crippen MR) is 547 cm³/mol. The molecule has 6 saturated heterocycles. The van der Waals surface area contributed by atoms with Crippen LogP contribution in [0.5, 0.6) is 0 Å². The van der Waals surface area contributed by atoms with E-state index in [0.29, 0.717) is 67.7 Å². The van der Waals surface area contributed by atoms with Crippen LogP contribution < -0.4 is 58.6 Å². The van der Waals surface area contributed by atoms with E-state index in [1.807, 2.05) is 250 Å². The molecule has 1 aromatic heterocycles. The van der Waals surface area contributed by atoms with Crippen LogP contribution in [0.25, 0.3) is 0 Å². The summed E-state index contributed by atoms with van der Waals surface area (Å²) >= 11 is 0. The second-order valence-corrected chi connectivity index (χ2v) is 88.7. The lowest BCUT2D eigenvalue weighted by Gasteiger charge is -2.58. The molecule has 708 valence electrons. The van der Waals surface area contributed by atoms with Crippen LogP contribution in [0, 0.1) is 0 Å². The number of benzene rings is 8. The molecule has 6 fully saturated rings. The third-order valence-corrected chi connectivity index (χ3v) is 75.2. The van der Waals surface area contributed by atoms with E-state index in [-0.39, 0.29) is 32.7 Å². The minimum Gasteiger partial charge on any atom is -0.455 e. The Balaban J connectivity index is 0.000000316. The van der Waals surface area contributed by atoms with Gasteiger partial charge in [0.15, 0.2) is 50.6 Å². The molecule has 6 aliphatic heterocycles. The molecule has 4 bridgehead atoms. The van der Waals surface area contributed by atoms with Crippen molar-refractivity contribution in [3.8, 4) is 0 Å². The lowest BCUT2D eigenvalue weighted by atomic mass is 10.3. The molecule has 26 nitrogen and oxygen atoms in total.